The predicted molar refractivity (Wildman–Crippen MR) is 154 cm³/mol. The van der Waals surface area contributed by atoms with Crippen LogP contribution in [0, 0.1) is 22.7 Å². The molecule has 0 amide bonds. The molecule has 0 aromatic heterocycles. The maximum Gasteiger partial charge on any atom is 0.429 e. The zero-order valence-electron chi connectivity index (χ0n) is 25.7. The second-order valence-corrected chi connectivity index (χ2v) is 14.3. The first-order valence-corrected chi connectivity index (χ1v) is 15.2. The second-order valence-electron chi connectivity index (χ2n) is 14.3. The van der Waals surface area contributed by atoms with Crippen LogP contribution in [0.25, 0.3) is 0 Å². The average Bonchev–Trinajstić information content (AvgIpc) is 3.21. The Kier molecular flexibility index (Phi) is 10.5. The first kappa shape index (κ1) is 35.9. The minimum atomic E-state index is -5.92. The van der Waals surface area contributed by atoms with Crippen molar-refractivity contribution < 1.29 is 46.8 Å². The van der Waals surface area contributed by atoms with Gasteiger partial charge in [-0.25, -0.2) is 0 Å². The first-order valence-electron chi connectivity index (χ1n) is 15.2. The van der Waals surface area contributed by atoms with Crippen LogP contribution in [-0.2, 0) is 0 Å². The molecule has 10 heteroatoms. The Morgan fingerprint density at radius 2 is 1.58 bits per heavy atom. The molecule has 0 bridgehead atoms. The van der Waals surface area contributed by atoms with E-state index in [1.54, 1.807) is 13.8 Å². The topological polar surface area (TPSA) is 80.9 Å². The molecule has 3 aliphatic carbocycles. The van der Waals surface area contributed by atoms with Crippen molar-refractivity contribution in [2.24, 2.45) is 22.7 Å². The van der Waals surface area contributed by atoms with E-state index >= 15 is 0 Å². The van der Waals surface area contributed by atoms with Crippen molar-refractivity contribution in [3.05, 3.63) is 47.6 Å². The van der Waals surface area contributed by atoms with E-state index in [1.165, 1.54) is 5.57 Å². The molecular formula is C33H48F6O4. The fraction of sp³-hybridized carbons (Fsp3) is 0.758. The van der Waals surface area contributed by atoms with Crippen molar-refractivity contribution in [1.29, 1.82) is 0 Å². The van der Waals surface area contributed by atoms with Crippen LogP contribution in [0.1, 0.15) is 98.3 Å². The summed E-state index contributed by atoms with van der Waals surface area (Å²) in [6.45, 7) is 11.4. The fourth-order valence-corrected chi connectivity index (χ4v) is 8.04. The van der Waals surface area contributed by atoms with Gasteiger partial charge < -0.3 is 20.4 Å². The molecule has 3 rings (SSSR count). The molecule has 3 unspecified atom stereocenters. The second kappa shape index (κ2) is 12.6. The van der Waals surface area contributed by atoms with Gasteiger partial charge in [0.1, 0.15) is 0 Å². The normalized spacial score (nSPS) is 32.9. The molecule has 4 N–H and O–H groups in total. The summed E-state index contributed by atoms with van der Waals surface area (Å²) in [5.74, 6) is 0.139. The van der Waals surface area contributed by atoms with Gasteiger partial charge in [0.05, 0.1) is 17.8 Å². The molecule has 3 fully saturated rings. The average molecular weight is 623 g/mol. The quantitative estimate of drug-likeness (QED) is 0.156. The lowest BCUT2D eigenvalue weighted by molar-refractivity contribution is -0.347. The molecular weight excluding hydrogens is 574 g/mol. The number of hydrogen-bond donors (Lipinski definition) is 4. The number of allylic oxidation sites excluding steroid dienone is 4. The summed E-state index contributed by atoms with van der Waals surface area (Å²) in [5, 5.41) is 40.3. The lowest BCUT2D eigenvalue weighted by Crippen LogP contribution is -2.55. The molecule has 246 valence electrons. The molecule has 0 spiro atoms. The Morgan fingerprint density at radius 3 is 2.16 bits per heavy atom. The van der Waals surface area contributed by atoms with Crippen molar-refractivity contribution in [3.63, 3.8) is 0 Å². The van der Waals surface area contributed by atoms with Crippen LogP contribution in [-0.4, -0.2) is 56.2 Å². The van der Waals surface area contributed by atoms with Crippen LogP contribution in [0.4, 0.5) is 26.3 Å². The molecule has 0 radical (unpaired) electrons. The van der Waals surface area contributed by atoms with Gasteiger partial charge in [0.25, 0.3) is 5.60 Å². The van der Waals surface area contributed by atoms with Crippen LogP contribution in [0.2, 0.25) is 0 Å². The van der Waals surface area contributed by atoms with Crippen molar-refractivity contribution >= 4 is 0 Å². The van der Waals surface area contributed by atoms with Gasteiger partial charge in [0.2, 0.25) is 0 Å². The highest BCUT2D eigenvalue weighted by Gasteiger charge is 2.69. The van der Waals surface area contributed by atoms with Gasteiger partial charge in [-0.1, -0.05) is 50.6 Å². The predicted octanol–water partition coefficient (Wildman–Crippen LogP) is 7.88. The third kappa shape index (κ3) is 7.79. The molecule has 6 atom stereocenters. The molecule has 3 aliphatic rings. The van der Waals surface area contributed by atoms with E-state index < -0.39 is 41.2 Å². The fourth-order valence-electron chi connectivity index (χ4n) is 8.04. The largest absolute Gasteiger partial charge is 0.429 e. The van der Waals surface area contributed by atoms with E-state index in [1.807, 2.05) is 19.1 Å². The van der Waals surface area contributed by atoms with Crippen LogP contribution in [0.15, 0.2) is 47.6 Å². The van der Waals surface area contributed by atoms with E-state index in [4.69, 9.17) is 0 Å². The summed E-state index contributed by atoms with van der Waals surface area (Å²) in [6, 6.07) is 0. The third-order valence-corrected chi connectivity index (χ3v) is 10.4. The third-order valence-electron chi connectivity index (χ3n) is 10.4. The SMILES string of the molecule is C=C1C(=CC=C2CCC[C@@]3(C)C2CC[C@@H]3C(C)(CC=CC(O)(C(F)(F)F)C(F)(F)F)CCCC(C)(C)O)CC(O)C[C@@H]1O. The highest BCUT2D eigenvalue weighted by Crippen LogP contribution is 2.64. The van der Waals surface area contributed by atoms with Gasteiger partial charge in [-0.3, -0.25) is 0 Å². The van der Waals surface area contributed by atoms with Crippen LogP contribution >= 0.6 is 0 Å². The smallest absolute Gasteiger partial charge is 0.393 e. The Labute approximate surface area is 251 Å². The number of fused-ring (bicyclic) bond motifs is 1. The molecule has 0 aromatic rings. The summed E-state index contributed by atoms with van der Waals surface area (Å²) >= 11 is 0. The van der Waals surface area contributed by atoms with Gasteiger partial charge in [-0.05, 0) is 112 Å². The minimum Gasteiger partial charge on any atom is -0.393 e. The van der Waals surface area contributed by atoms with Crippen molar-refractivity contribution in [2.45, 2.75) is 134 Å². The number of aliphatic hydroxyl groups excluding tert-OH is 2. The maximum absolute atomic E-state index is 13.4. The van der Waals surface area contributed by atoms with Gasteiger partial charge in [0, 0.05) is 6.42 Å². The number of aliphatic hydroxyl groups is 4. The van der Waals surface area contributed by atoms with Gasteiger partial charge >= 0.3 is 12.4 Å². The molecule has 4 nitrogen and oxygen atoms in total. The summed E-state index contributed by atoms with van der Waals surface area (Å²) in [4.78, 5) is 0. The van der Waals surface area contributed by atoms with Crippen LogP contribution in [0.5, 0.6) is 0 Å². The van der Waals surface area contributed by atoms with Gasteiger partial charge in [-0.15, -0.1) is 0 Å². The Balaban J connectivity index is 1.93. The summed E-state index contributed by atoms with van der Waals surface area (Å²) in [7, 11) is 0. The number of alkyl halides is 6. The van der Waals surface area contributed by atoms with Crippen molar-refractivity contribution in [2.75, 3.05) is 0 Å². The van der Waals surface area contributed by atoms with Gasteiger partial charge in [-0.2, -0.15) is 26.3 Å². The maximum atomic E-state index is 13.4. The van der Waals surface area contributed by atoms with Crippen molar-refractivity contribution in [1.82, 2.24) is 0 Å². The Hall–Kier alpha value is -1.62. The lowest BCUT2D eigenvalue weighted by atomic mass is 9.55. The summed E-state index contributed by atoms with van der Waals surface area (Å²) in [5.41, 5.74) is -4.25. The Morgan fingerprint density at radius 1 is 0.953 bits per heavy atom. The molecule has 0 saturated heterocycles. The van der Waals surface area contributed by atoms with E-state index in [9.17, 15) is 46.8 Å². The van der Waals surface area contributed by atoms with E-state index in [2.05, 4.69) is 13.5 Å². The molecule has 0 heterocycles. The highest BCUT2D eigenvalue weighted by molar-refractivity contribution is 5.38. The molecule has 43 heavy (non-hydrogen) atoms. The molecule has 0 aromatic carbocycles. The summed E-state index contributed by atoms with van der Waals surface area (Å²) in [6.07, 6.45) is -2.44. The lowest BCUT2D eigenvalue weighted by Gasteiger charge is -2.49. The standard InChI is InChI=1S/C33H48F6O4/c1-21-23(19-24(40)20-26(21)41)11-10-22-9-6-17-30(5)25(22)12-13-27(30)29(4,15-7-14-28(2,3)42)16-8-18-31(43,32(34,35)36)33(37,38)39/h8,10-11,18,24-27,40-43H,1,6-7,9,12-17,19-20H2,2-5H3/t24?,25?,26-,27+,29?,30-/m0/s1. The molecule has 3 saturated carbocycles. The Bertz CT molecular complexity index is 1080. The monoisotopic (exact) mass is 622 g/mol. The van der Waals surface area contributed by atoms with Gasteiger partial charge in [0.15, 0.2) is 0 Å². The summed E-state index contributed by atoms with van der Waals surface area (Å²) < 4.78 is 80.2. The van der Waals surface area contributed by atoms with E-state index in [0.29, 0.717) is 31.3 Å². The zero-order valence-corrected chi connectivity index (χ0v) is 25.7. The zero-order chi connectivity index (χ0) is 32.6. The number of hydrogen-bond acceptors (Lipinski definition) is 4. The van der Waals surface area contributed by atoms with E-state index in [-0.39, 0.29) is 36.2 Å². The first-order chi connectivity index (χ1) is 19.5. The molecule has 0 aliphatic heterocycles. The number of halogens is 6. The van der Waals surface area contributed by atoms with Crippen LogP contribution in [0.3, 0.4) is 0 Å². The highest BCUT2D eigenvalue weighted by atomic mass is 19.4. The van der Waals surface area contributed by atoms with Crippen LogP contribution < -0.4 is 0 Å². The van der Waals surface area contributed by atoms with E-state index in [0.717, 1.165) is 43.8 Å². The van der Waals surface area contributed by atoms with Crippen molar-refractivity contribution in [3.8, 4) is 0 Å². The number of rotatable bonds is 9. The minimum absolute atomic E-state index is 0.0223.